The molecule has 220 valence electrons. The number of carbonyl (C=O) groups excluding carboxylic acids is 2. The number of rotatable bonds is 0. The maximum Gasteiger partial charge on any atom is 0.264 e. The van der Waals surface area contributed by atoms with Gasteiger partial charge < -0.3 is 9.64 Å². The fourth-order valence-corrected chi connectivity index (χ4v) is 8.86. The lowest BCUT2D eigenvalue weighted by molar-refractivity contribution is -0.127. The lowest BCUT2D eigenvalue weighted by Gasteiger charge is -2.44. The second-order valence-corrected chi connectivity index (χ2v) is 15.2. The molecule has 7 nitrogen and oxygen atoms in total. The van der Waals surface area contributed by atoms with Gasteiger partial charge in [0.2, 0.25) is 10.0 Å². The van der Waals surface area contributed by atoms with E-state index in [1.54, 1.807) is 25.1 Å². The van der Waals surface area contributed by atoms with Crippen molar-refractivity contribution in [2.24, 2.45) is 17.8 Å². The zero-order valence-corrected chi connectivity index (χ0v) is 25.4. The fraction of sp³-hybridized carbons (Fsp3) is 0.562. The topological polar surface area (TPSA) is 92.8 Å². The van der Waals surface area contributed by atoms with Crippen LogP contribution >= 0.6 is 11.6 Å². The molecule has 0 saturated heterocycles. The van der Waals surface area contributed by atoms with E-state index in [1.165, 1.54) is 11.1 Å². The summed E-state index contributed by atoms with van der Waals surface area (Å²) in [7, 11) is -3.90. The lowest BCUT2D eigenvalue weighted by atomic mass is 9.68. The molecule has 5 atom stereocenters. The number of nitrogens with one attached hydrogen (secondary N) is 1. The lowest BCUT2D eigenvalue weighted by Crippen LogP contribution is -2.49. The van der Waals surface area contributed by atoms with Crippen molar-refractivity contribution in [2.45, 2.75) is 75.9 Å². The van der Waals surface area contributed by atoms with Crippen molar-refractivity contribution < 1.29 is 22.7 Å². The Kier molecular flexibility index (Phi) is 7.60. The molecule has 2 bridgehead atoms. The van der Waals surface area contributed by atoms with E-state index in [2.05, 4.69) is 21.8 Å². The van der Waals surface area contributed by atoms with Gasteiger partial charge in [0, 0.05) is 41.4 Å². The highest BCUT2D eigenvalue weighted by Gasteiger charge is 2.44. The summed E-state index contributed by atoms with van der Waals surface area (Å²) in [4.78, 5) is 28.9. The summed E-state index contributed by atoms with van der Waals surface area (Å²) in [5, 5.41) is -0.0277. The molecule has 2 aromatic carbocycles. The van der Waals surface area contributed by atoms with E-state index < -0.39 is 21.2 Å². The first kappa shape index (κ1) is 28.5. The highest BCUT2D eigenvalue weighted by atomic mass is 35.5. The van der Waals surface area contributed by atoms with Crippen LogP contribution in [0, 0.1) is 17.8 Å². The van der Waals surface area contributed by atoms with Gasteiger partial charge in [-0.15, -0.1) is 0 Å². The maximum absolute atomic E-state index is 13.3. The molecule has 2 heterocycles. The molecule has 0 aromatic heterocycles. The smallest absolute Gasteiger partial charge is 0.264 e. The summed E-state index contributed by atoms with van der Waals surface area (Å²) in [5.41, 5.74) is 3.29. The zero-order valence-electron chi connectivity index (χ0n) is 23.8. The van der Waals surface area contributed by atoms with E-state index in [0.29, 0.717) is 44.7 Å². The average molecular weight is 599 g/mol. The monoisotopic (exact) mass is 598 g/mol. The first-order valence-electron chi connectivity index (χ1n) is 15.0. The Morgan fingerprint density at radius 2 is 1.85 bits per heavy atom. The quantitative estimate of drug-likeness (QED) is 0.420. The van der Waals surface area contributed by atoms with E-state index in [-0.39, 0.29) is 34.5 Å². The van der Waals surface area contributed by atoms with Crippen LogP contribution in [0.15, 0.2) is 36.4 Å². The van der Waals surface area contributed by atoms with Gasteiger partial charge in [-0.3, -0.25) is 9.59 Å². The van der Waals surface area contributed by atoms with Crippen molar-refractivity contribution in [1.29, 1.82) is 0 Å². The number of carbonyl (C=O) groups is 2. The normalized spacial score (nSPS) is 31.6. The highest BCUT2D eigenvalue weighted by molar-refractivity contribution is 7.90. The number of sulfonamides is 1. The second-order valence-electron chi connectivity index (χ2n) is 12.7. The van der Waals surface area contributed by atoms with Crippen molar-refractivity contribution >= 4 is 39.0 Å². The number of nitrogens with zero attached hydrogens (tertiary/aromatic N) is 1. The first-order valence-corrected chi connectivity index (χ1v) is 16.9. The van der Waals surface area contributed by atoms with E-state index in [1.807, 2.05) is 13.0 Å². The number of ether oxygens (including phenoxy) is 1. The van der Waals surface area contributed by atoms with Crippen LogP contribution in [0.3, 0.4) is 0 Å². The maximum atomic E-state index is 13.3. The number of hydrogen-bond acceptors (Lipinski definition) is 6. The van der Waals surface area contributed by atoms with Gasteiger partial charge in [-0.05, 0) is 105 Å². The minimum Gasteiger partial charge on any atom is -0.490 e. The van der Waals surface area contributed by atoms with Gasteiger partial charge in [-0.2, -0.15) is 0 Å². The van der Waals surface area contributed by atoms with Crippen LogP contribution in [0.5, 0.6) is 5.75 Å². The number of ketones is 1. The summed E-state index contributed by atoms with van der Waals surface area (Å²) < 4.78 is 35.1. The van der Waals surface area contributed by atoms with Gasteiger partial charge in [0.25, 0.3) is 5.91 Å². The van der Waals surface area contributed by atoms with Crippen LogP contribution in [0.2, 0.25) is 5.02 Å². The summed E-state index contributed by atoms with van der Waals surface area (Å²) in [5.74, 6) is 0.406. The molecule has 9 heteroatoms. The predicted molar refractivity (Wildman–Crippen MR) is 160 cm³/mol. The van der Waals surface area contributed by atoms with Crippen molar-refractivity contribution in [3.05, 3.63) is 58.1 Å². The van der Waals surface area contributed by atoms with Gasteiger partial charge in [0.1, 0.15) is 11.5 Å². The standard InChI is InChI=1S/C32H39ClN2O5S/c1-20-5-3-7-29(36)26-11-8-24(26)17-35-18-32(14-4-6-22-15-25(33)10-12-27(22)32)19-40-30-13-9-23(16-28(30)35)31(37)34-41(38,39)21(20)2/h9-10,12-13,15-16,20-21,24,26H,3-8,11,14,17-19H2,1-2H3,(H,34,37)/t20?,21?,24-,26+,32-/m0/s1. The molecule has 41 heavy (non-hydrogen) atoms. The number of Topliss-reactive ketones (excluding diaryl/α,β-unsaturated/α-hetero) is 1. The van der Waals surface area contributed by atoms with Crippen LogP contribution < -0.4 is 14.4 Å². The van der Waals surface area contributed by atoms with E-state index in [4.69, 9.17) is 16.3 Å². The number of anilines is 1. The molecule has 2 aromatic rings. The first-order chi connectivity index (χ1) is 19.6. The van der Waals surface area contributed by atoms with Crippen LogP contribution in [-0.4, -0.2) is 45.1 Å². The SMILES string of the molecule is CC1CCCC(=O)[C@@H]2CC[C@H]2CN2C[C@@]3(CCCc4cc(Cl)ccc43)COc3ccc(cc32)C(=O)NS(=O)(=O)C1C. The summed E-state index contributed by atoms with van der Waals surface area (Å²) in [6, 6.07) is 11.3. The molecule has 4 aliphatic rings. The largest absolute Gasteiger partial charge is 0.490 e. The Labute approximate surface area is 248 Å². The summed E-state index contributed by atoms with van der Waals surface area (Å²) in [6.45, 7) is 5.37. The molecule has 2 aliphatic heterocycles. The van der Waals surface area contributed by atoms with Crippen LogP contribution in [0.4, 0.5) is 5.69 Å². The highest BCUT2D eigenvalue weighted by Crippen LogP contribution is 2.46. The van der Waals surface area contributed by atoms with Crippen LogP contribution in [0.25, 0.3) is 0 Å². The molecule has 6 rings (SSSR count). The van der Waals surface area contributed by atoms with E-state index >= 15 is 0 Å². The average Bonchev–Trinajstić information content (AvgIpc) is 3.06. The van der Waals surface area contributed by atoms with Crippen molar-refractivity contribution in [3.8, 4) is 5.75 Å². The van der Waals surface area contributed by atoms with E-state index in [9.17, 15) is 18.0 Å². The number of fused-ring (bicyclic) bond motifs is 4. The van der Waals surface area contributed by atoms with Crippen LogP contribution in [-0.2, 0) is 26.7 Å². The molecular formula is C32H39ClN2O5S. The Morgan fingerprint density at radius 3 is 2.63 bits per heavy atom. The molecule has 0 radical (unpaired) electrons. The third-order valence-electron chi connectivity index (χ3n) is 10.2. The van der Waals surface area contributed by atoms with Crippen molar-refractivity contribution in [1.82, 2.24) is 4.72 Å². The summed E-state index contributed by atoms with van der Waals surface area (Å²) in [6.07, 6.45) is 6.58. The Hall–Kier alpha value is -2.58. The molecular weight excluding hydrogens is 560 g/mol. The molecule has 2 aliphatic carbocycles. The Balaban J connectivity index is 1.41. The minimum atomic E-state index is -3.90. The van der Waals surface area contributed by atoms with Gasteiger partial charge in [-0.1, -0.05) is 24.6 Å². The predicted octanol–water partition coefficient (Wildman–Crippen LogP) is 5.68. The molecule has 1 amide bonds. The third-order valence-corrected chi connectivity index (χ3v) is 12.3. The Morgan fingerprint density at radius 1 is 1.02 bits per heavy atom. The summed E-state index contributed by atoms with van der Waals surface area (Å²) >= 11 is 6.37. The number of aryl methyl sites for hydroxylation is 1. The van der Waals surface area contributed by atoms with Gasteiger partial charge in [0.15, 0.2) is 0 Å². The van der Waals surface area contributed by atoms with Gasteiger partial charge in [0.05, 0.1) is 17.5 Å². The molecule has 1 N–H and O–H groups in total. The van der Waals surface area contributed by atoms with Gasteiger partial charge >= 0.3 is 0 Å². The number of hydrogen-bond donors (Lipinski definition) is 1. The Bertz CT molecular complexity index is 1480. The molecule has 1 spiro atoms. The molecule has 1 saturated carbocycles. The molecule has 2 unspecified atom stereocenters. The minimum absolute atomic E-state index is 0.0202. The van der Waals surface area contributed by atoms with Crippen molar-refractivity contribution in [2.75, 3.05) is 24.6 Å². The second kappa shape index (κ2) is 10.9. The number of amides is 1. The molecule has 1 fully saturated rings. The fourth-order valence-electron chi connectivity index (χ4n) is 7.36. The van der Waals surface area contributed by atoms with Crippen LogP contribution in [0.1, 0.15) is 80.3 Å². The number of benzene rings is 2. The number of halogens is 1. The van der Waals surface area contributed by atoms with E-state index in [0.717, 1.165) is 42.8 Å². The van der Waals surface area contributed by atoms with Crippen molar-refractivity contribution in [3.63, 3.8) is 0 Å². The zero-order chi connectivity index (χ0) is 28.9. The van der Waals surface area contributed by atoms with Gasteiger partial charge in [-0.25, -0.2) is 13.1 Å². The third kappa shape index (κ3) is 5.38.